The summed E-state index contributed by atoms with van der Waals surface area (Å²) >= 11 is 0. The summed E-state index contributed by atoms with van der Waals surface area (Å²) in [5.41, 5.74) is 0. The van der Waals surface area contributed by atoms with Gasteiger partial charge >= 0.3 is 0 Å². The third-order valence-electron chi connectivity index (χ3n) is 1.58. The van der Waals surface area contributed by atoms with Crippen LogP contribution in [0.2, 0.25) is 0 Å². The topological polar surface area (TPSA) is 20.3 Å². The summed E-state index contributed by atoms with van der Waals surface area (Å²) in [6.07, 6.45) is 1.02. The molecule has 51 valence electrons. The number of hydrogen-bond donors (Lipinski definition) is 0. The minimum absolute atomic E-state index is 0. The van der Waals surface area contributed by atoms with Gasteiger partial charge in [-0.2, -0.15) is 13.3 Å². The largest absolute Gasteiger partial charge is 0.385 e. The van der Waals surface area contributed by atoms with Crippen molar-refractivity contribution in [3.63, 3.8) is 0 Å². The zero-order chi connectivity index (χ0) is 6.85. The second-order valence-electron chi connectivity index (χ2n) is 2.47. The first-order valence-electron chi connectivity index (χ1n) is 3.06. The van der Waals surface area contributed by atoms with Gasteiger partial charge in [-0.3, -0.25) is 10.7 Å². The minimum atomic E-state index is -0.299. The Morgan fingerprint density at radius 1 is 1.70 bits per heavy atom. The number of amides is 1. The van der Waals surface area contributed by atoms with Gasteiger partial charge in [0.2, 0.25) is 7.85 Å². The Kier molecular flexibility index (Phi) is 4.79. The molecule has 0 aromatic heterocycles. The fourth-order valence-electron chi connectivity index (χ4n) is 0.998. The molecule has 0 unspecified atom stereocenters. The van der Waals surface area contributed by atoms with Gasteiger partial charge in [-0.05, 0) is 6.54 Å². The smallest absolute Gasteiger partial charge is 0.200 e. The predicted octanol–water partition coefficient (Wildman–Crippen LogP) is 0.572. The molecule has 1 rings (SSSR count). The van der Waals surface area contributed by atoms with Gasteiger partial charge in [0.1, 0.15) is 0 Å². The molecular weight excluding hydrogens is 202 g/mol. The average Bonchev–Trinajstić information content (AvgIpc) is 2.14. The van der Waals surface area contributed by atoms with Crippen molar-refractivity contribution in [3.8, 4) is 0 Å². The number of carbonyl (C=O) groups excluding carboxylic acids is 1. The Morgan fingerprint density at radius 2 is 2.30 bits per heavy atom. The molecule has 4 heteroatoms. The van der Waals surface area contributed by atoms with E-state index in [4.69, 9.17) is 7.85 Å². The van der Waals surface area contributed by atoms with Crippen molar-refractivity contribution in [1.29, 1.82) is 0 Å². The predicted molar refractivity (Wildman–Crippen MR) is 36.3 cm³/mol. The SMILES string of the molecule is [B]C(=O)N1CC[C-](C)C1.[Y]. The van der Waals surface area contributed by atoms with E-state index in [1.165, 1.54) is 5.92 Å². The van der Waals surface area contributed by atoms with Crippen LogP contribution in [0.25, 0.3) is 0 Å². The van der Waals surface area contributed by atoms with E-state index in [0.717, 1.165) is 19.5 Å². The molecule has 1 saturated heterocycles. The number of nitrogens with zero attached hydrogens (tertiary/aromatic N) is 1. The van der Waals surface area contributed by atoms with E-state index in [0.29, 0.717) is 0 Å². The summed E-state index contributed by atoms with van der Waals surface area (Å²) in [6, 6.07) is 0. The van der Waals surface area contributed by atoms with Crippen LogP contribution in [-0.4, -0.2) is 31.6 Å². The standard InChI is InChI=1S/C6H9BNO.Y/c1-5-2-3-8(4-5)6(7)9;/h2-4H2,1H3;/q-1;. The van der Waals surface area contributed by atoms with Gasteiger partial charge in [0.15, 0.2) is 5.81 Å². The van der Waals surface area contributed by atoms with Gasteiger partial charge in [0, 0.05) is 32.7 Å². The van der Waals surface area contributed by atoms with Crippen LogP contribution in [0.1, 0.15) is 13.3 Å². The first-order chi connectivity index (χ1) is 4.20. The maximum absolute atomic E-state index is 10.5. The van der Waals surface area contributed by atoms with E-state index in [1.54, 1.807) is 4.90 Å². The number of likely N-dealkylation sites (tertiary alicyclic amines) is 1. The molecule has 0 aromatic rings. The molecular formula is C6H9BNOY-. The first-order valence-corrected chi connectivity index (χ1v) is 3.06. The van der Waals surface area contributed by atoms with Crippen LogP contribution >= 0.6 is 0 Å². The molecule has 1 aliphatic heterocycles. The van der Waals surface area contributed by atoms with Crippen LogP contribution in [-0.2, 0) is 32.7 Å². The Hall–Kier alpha value is 0.639. The minimum Gasteiger partial charge on any atom is -0.385 e. The van der Waals surface area contributed by atoms with Gasteiger partial charge in [0.05, 0.1) is 0 Å². The van der Waals surface area contributed by atoms with E-state index in [1.807, 2.05) is 6.92 Å². The maximum atomic E-state index is 10.5. The molecule has 1 fully saturated rings. The van der Waals surface area contributed by atoms with Crippen LogP contribution in [0, 0.1) is 5.92 Å². The molecule has 1 amide bonds. The summed E-state index contributed by atoms with van der Waals surface area (Å²) in [4.78, 5) is 12.1. The zero-order valence-corrected chi connectivity index (χ0v) is 8.97. The molecule has 2 nitrogen and oxygen atoms in total. The van der Waals surface area contributed by atoms with Gasteiger partial charge in [-0.15, -0.1) is 6.54 Å². The van der Waals surface area contributed by atoms with Crippen LogP contribution < -0.4 is 0 Å². The second kappa shape index (κ2) is 4.50. The third kappa shape index (κ3) is 2.71. The average molecular weight is 211 g/mol. The first kappa shape index (κ1) is 10.6. The Bertz CT molecular complexity index is 131. The van der Waals surface area contributed by atoms with Crippen LogP contribution in [0.4, 0.5) is 4.79 Å². The summed E-state index contributed by atoms with van der Waals surface area (Å²) in [7, 11) is 5.03. The molecule has 1 aliphatic rings. The molecule has 0 spiro atoms. The Labute approximate surface area is 88.0 Å². The van der Waals surface area contributed by atoms with E-state index < -0.39 is 0 Å². The molecule has 0 aliphatic carbocycles. The summed E-state index contributed by atoms with van der Waals surface area (Å²) < 4.78 is 0. The summed E-state index contributed by atoms with van der Waals surface area (Å²) in [5, 5.41) is 0. The van der Waals surface area contributed by atoms with Crippen LogP contribution in [0.3, 0.4) is 0 Å². The molecule has 10 heavy (non-hydrogen) atoms. The number of rotatable bonds is 0. The van der Waals surface area contributed by atoms with Gasteiger partial charge in [-0.1, -0.05) is 0 Å². The monoisotopic (exact) mass is 211 g/mol. The second-order valence-corrected chi connectivity index (χ2v) is 2.47. The molecule has 0 bridgehead atoms. The van der Waals surface area contributed by atoms with Crippen LogP contribution in [0.15, 0.2) is 0 Å². The van der Waals surface area contributed by atoms with Gasteiger partial charge in [-0.25, -0.2) is 0 Å². The number of hydrogen-bond acceptors (Lipinski definition) is 1. The number of carbonyl (C=O) groups is 1. The third-order valence-corrected chi connectivity index (χ3v) is 1.58. The fourth-order valence-corrected chi connectivity index (χ4v) is 0.998. The van der Waals surface area contributed by atoms with Crippen molar-refractivity contribution in [2.45, 2.75) is 13.3 Å². The molecule has 0 N–H and O–H groups in total. The van der Waals surface area contributed by atoms with E-state index in [-0.39, 0.29) is 38.5 Å². The Morgan fingerprint density at radius 3 is 2.50 bits per heavy atom. The van der Waals surface area contributed by atoms with Crippen molar-refractivity contribution in [2.24, 2.45) is 0 Å². The summed E-state index contributed by atoms with van der Waals surface area (Å²) in [6.45, 7) is 3.61. The van der Waals surface area contributed by atoms with E-state index in [9.17, 15) is 4.79 Å². The normalized spacial score (nSPS) is 18.7. The molecule has 3 radical (unpaired) electrons. The fraction of sp³-hybridized carbons (Fsp3) is 0.667. The quantitative estimate of drug-likeness (QED) is 0.423. The summed E-state index contributed by atoms with van der Waals surface area (Å²) in [5.74, 6) is 1.04. The zero-order valence-electron chi connectivity index (χ0n) is 6.13. The van der Waals surface area contributed by atoms with Crippen LogP contribution in [0.5, 0.6) is 0 Å². The van der Waals surface area contributed by atoms with Crippen molar-refractivity contribution in [3.05, 3.63) is 5.92 Å². The molecule has 0 saturated carbocycles. The Balaban J connectivity index is 0.000000810. The van der Waals surface area contributed by atoms with E-state index >= 15 is 0 Å². The molecule has 0 aromatic carbocycles. The van der Waals surface area contributed by atoms with Gasteiger partial charge < -0.3 is 4.90 Å². The van der Waals surface area contributed by atoms with Crippen molar-refractivity contribution >= 4 is 13.7 Å². The maximum Gasteiger partial charge on any atom is 0.200 e. The van der Waals surface area contributed by atoms with Gasteiger partial charge in [0.25, 0.3) is 0 Å². The van der Waals surface area contributed by atoms with Crippen molar-refractivity contribution < 1.29 is 37.5 Å². The molecule has 1 heterocycles. The van der Waals surface area contributed by atoms with E-state index in [2.05, 4.69) is 0 Å². The molecule has 0 atom stereocenters. The van der Waals surface area contributed by atoms with Crippen molar-refractivity contribution in [1.82, 2.24) is 4.90 Å². The van der Waals surface area contributed by atoms with Crippen molar-refractivity contribution in [2.75, 3.05) is 13.1 Å².